The minimum Gasteiger partial charge on any atom is -0.353 e. The number of hydrogen-bond donors (Lipinski definition) is 1. The molecule has 2 saturated carbocycles. The van der Waals surface area contributed by atoms with Gasteiger partial charge in [-0.3, -0.25) is 9.59 Å². The summed E-state index contributed by atoms with van der Waals surface area (Å²) in [5, 5.41) is 3.34. The Labute approximate surface area is 161 Å². The van der Waals surface area contributed by atoms with E-state index in [1.54, 1.807) is 0 Å². The van der Waals surface area contributed by atoms with Crippen LogP contribution in [0.1, 0.15) is 63.9 Å². The highest BCUT2D eigenvalue weighted by Gasteiger charge is 2.63. The standard InChI is InChI=1S/C23H30N2O2/c1-22(12-13-22)21(27)25-18-10-11-19(25)23(15-18,14-16-6-3-2-4-7-16)20(26)24-17-8-5-9-17/h2-4,6-7,17-19H,5,8-15H2,1H3,(H,24,26)/t18-,19+,23+/m0/s1. The highest BCUT2D eigenvalue weighted by atomic mass is 16.2. The maximum Gasteiger partial charge on any atom is 0.229 e. The van der Waals surface area contributed by atoms with Gasteiger partial charge < -0.3 is 10.2 Å². The van der Waals surface area contributed by atoms with Crippen molar-refractivity contribution in [2.24, 2.45) is 10.8 Å². The van der Waals surface area contributed by atoms with E-state index in [0.717, 1.165) is 51.4 Å². The maximum atomic E-state index is 13.5. The smallest absolute Gasteiger partial charge is 0.229 e. The van der Waals surface area contributed by atoms with Gasteiger partial charge >= 0.3 is 0 Å². The summed E-state index contributed by atoms with van der Waals surface area (Å²) < 4.78 is 0. The van der Waals surface area contributed by atoms with Crippen LogP contribution in [-0.2, 0) is 16.0 Å². The molecule has 5 rings (SSSR count). The quantitative estimate of drug-likeness (QED) is 0.868. The van der Waals surface area contributed by atoms with Crippen molar-refractivity contribution in [2.45, 2.75) is 82.8 Å². The summed E-state index contributed by atoms with van der Waals surface area (Å²) in [4.78, 5) is 28.9. The maximum absolute atomic E-state index is 13.5. The number of rotatable bonds is 5. The summed E-state index contributed by atoms with van der Waals surface area (Å²) in [6.07, 6.45) is 9.01. The van der Waals surface area contributed by atoms with Crippen LogP contribution in [0.25, 0.3) is 0 Å². The zero-order valence-corrected chi connectivity index (χ0v) is 16.2. The van der Waals surface area contributed by atoms with Gasteiger partial charge in [-0.05, 0) is 63.4 Å². The van der Waals surface area contributed by atoms with Crippen molar-refractivity contribution in [2.75, 3.05) is 0 Å². The van der Waals surface area contributed by atoms with Gasteiger partial charge in [0.15, 0.2) is 0 Å². The number of carbonyl (C=O) groups excluding carboxylic acids is 2. The highest BCUT2D eigenvalue weighted by Crippen LogP contribution is 2.56. The molecule has 0 aromatic heterocycles. The molecule has 0 unspecified atom stereocenters. The molecular weight excluding hydrogens is 336 g/mol. The molecule has 2 heterocycles. The van der Waals surface area contributed by atoms with Crippen molar-refractivity contribution in [3.05, 3.63) is 35.9 Å². The number of amides is 2. The van der Waals surface area contributed by atoms with Crippen LogP contribution >= 0.6 is 0 Å². The molecular formula is C23H30N2O2. The Bertz CT molecular complexity index is 753. The molecule has 4 aliphatic rings. The second-order valence-corrected chi connectivity index (χ2v) is 9.64. The van der Waals surface area contributed by atoms with Crippen molar-refractivity contribution >= 4 is 11.8 Å². The molecule has 1 aromatic rings. The Morgan fingerprint density at radius 2 is 1.85 bits per heavy atom. The first-order chi connectivity index (χ1) is 13.0. The monoisotopic (exact) mass is 366 g/mol. The normalized spacial score (nSPS) is 33.6. The van der Waals surface area contributed by atoms with Crippen molar-refractivity contribution in [3.8, 4) is 0 Å². The van der Waals surface area contributed by atoms with E-state index in [1.165, 1.54) is 12.0 Å². The van der Waals surface area contributed by atoms with E-state index < -0.39 is 5.41 Å². The van der Waals surface area contributed by atoms with Crippen LogP contribution in [0.5, 0.6) is 0 Å². The largest absolute Gasteiger partial charge is 0.353 e. The van der Waals surface area contributed by atoms with E-state index in [-0.39, 0.29) is 23.4 Å². The number of fused-ring (bicyclic) bond motifs is 2. The van der Waals surface area contributed by atoms with Gasteiger partial charge in [-0.1, -0.05) is 37.3 Å². The second kappa shape index (κ2) is 6.08. The minimum absolute atomic E-state index is 0.0627. The summed E-state index contributed by atoms with van der Waals surface area (Å²) in [5.74, 6) is 0.503. The van der Waals surface area contributed by atoms with E-state index in [2.05, 4.69) is 29.3 Å². The van der Waals surface area contributed by atoms with Gasteiger partial charge in [-0.15, -0.1) is 0 Å². The Hall–Kier alpha value is -1.84. The average molecular weight is 367 g/mol. The lowest BCUT2D eigenvalue weighted by atomic mass is 9.69. The third-order valence-electron chi connectivity index (χ3n) is 7.75. The summed E-state index contributed by atoms with van der Waals surface area (Å²) in [6, 6.07) is 11.0. The lowest BCUT2D eigenvalue weighted by Crippen LogP contribution is -2.54. The van der Waals surface area contributed by atoms with Crippen LogP contribution in [-0.4, -0.2) is 34.8 Å². The molecule has 4 nitrogen and oxygen atoms in total. The van der Waals surface area contributed by atoms with E-state index in [4.69, 9.17) is 0 Å². The predicted molar refractivity (Wildman–Crippen MR) is 104 cm³/mol. The third kappa shape index (κ3) is 2.71. The first-order valence-electron chi connectivity index (χ1n) is 10.7. The molecule has 27 heavy (non-hydrogen) atoms. The van der Waals surface area contributed by atoms with Crippen molar-refractivity contribution in [1.82, 2.24) is 10.2 Å². The Balaban J connectivity index is 1.46. The molecule has 0 radical (unpaired) electrons. The number of nitrogens with one attached hydrogen (secondary N) is 1. The number of benzene rings is 1. The van der Waals surface area contributed by atoms with E-state index in [0.29, 0.717) is 11.9 Å². The fourth-order valence-electron chi connectivity index (χ4n) is 5.56. The van der Waals surface area contributed by atoms with Gasteiger partial charge in [-0.25, -0.2) is 0 Å². The van der Waals surface area contributed by atoms with E-state index >= 15 is 0 Å². The molecule has 2 bridgehead atoms. The average Bonchev–Trinajstić information content (AvgIpc) is 3.15. The van der Waals surface area contributed by atoms with Gasteiger partial charge in [0, 0.05) is 23.5 Å². The Morgan fingerprint density at radius 3 is 2.48 bits per heavy atom. The summed E-state index contributed by atoms with van der Waals surface area (Å²) >= 11 is 0. The first kappa shape index (κ1) is 17.3. The summed E-state index contributed by atoms with van der Waals surface area (Å²) in [7, 11) is 0. The molecule has 2 aliphatic heterocycles. The second-order valence-electron chi connectivity index (χ2n) is 9.64. The van der Waals surface area contributed by atoms with Gasteiger partial charge in [0.05, 0.1) is 5.41 Å². The zero-order valence-electron chi connectivity index (χ0n) is 16.2. The lowest BCUT2D eigenvalue weighted by Gasteiger charge is -2.39. The van der Waals surface area contributed by atoms with E-state index in [1.807, 2.05) is 18.2 Å². The molecule has 2 amide bonds. The van der Waals surface area contributed by atoms with Crippen LogP contribution in [0.3, 0.4) is 0 Å². The van der Waals surface area contributed by atoms with Crippen LogP contribution < -0.4 is 5.32 Å². The molecule has 2 saturated heterocycles. The van der Waals surface area contributed by atoms with Crippen LogP contribution in [0.4, 0.5) is 0 Å². The predicted octanol–water partition coefficient (Wildman–Crippen LogP) is 3.45. The van der Waals surface area contributed by atoms with Crippen molar-refractivity contribution in [3.63, 3.8) is 0 Å². The molecule has 4 fully saturated rings. The Morgan fingerprint density at radius 1 is 1.11 bits per heavy atom. The zero-order chi connectivity index (χ0) is 18.6. The highest BCUT2D eigenvalue weighted by molar-refractivity contribution is 5.90. The molecule has 2 aliphatic carbocycles. The van der Waals surface area contributed by atoms with Crippen LogP contribution in [0.2, 0.25) is 0 Å². The van der Waals surface area contributed by atoms with Gasteiger partial charge in [-0.2, -0.15) is 0 Å². The fourth-order valence-corrected chi connectivity index (χ4v) is 5.56. The van der Waals surface area contributed by atoms with Crippen molar-refractivity contribution in [1.29, 1.82) is 0 Å². The topological polar surface area (TPSA) is 49.4 Å². The molecule has 1 N–H and O–H groups in total. The first-order valence-corrected chi connectivity index (χ1v) is 10.7. The lowest BCUT2D eigenvalue weighted by molar-refractivity contribution is -0.140. The number of carbonyl (C=O) groups is 2. The molecule has 1 aromatic carbocycles. The van der Waals surface area contributed by atoms with Gasteiger partial charge in [0.2, 0.25) is 11.8 Å². The molecule has 3 atom stereocenters. The molecule has 144 valence electrons. The molecule has 0 spiro atoms. The summed E-state index contributed by atoms with van der Waals surface area (Å²) in [6.45, 7) is 2.10. The van der Waals surface area contributed by atoms with E-state index in [9.17, 15) is 9.59 Å². The van der Waals surface area contributed by atoms with Gasteiger partial charge in [0.1, 0.15) is 0 Å². The fraction of sp³-hybridized carbons (Fsp3) is 0.652. The molecule has 4 heteroatoms. The van der Waals surface area contributed by atoms with Gasteiger partial charge in [0.25, 0.3) is 0 Å². The van der Waals surface area contributed by atoms with Crippen molar-refractivity contribution < 1.29 is 9.59 Å². The number of nitrogens with zero attached hydrogens (tertiary/aromatic N) is 1. The number of hydrogen-bond acceptors (Lipinski definition) is 2. The summed E-state index contributed by atoms with van der Waals surface area (Å²) in [5.41, 5.74) is 0.591. The SMILES string of the molecule is CC1(C(=O)N2[C@H]3CC[C@@H]2[C@](Cc2ccccc2)(C(=O)NC2CCC2)C3)CC1. The Kier molecular flexibility index (Phi) is 3.89. The minimum atomic E-state index is -0.458. The third-order valence-corrected chi connectivity index (χ3v) is 7.75. The van der Waals surface area contributed by atoms with Crippen LogP contribution in [0.15, 0.2) is 30.3 Å². The van der Waals surface area contributed by atoms with Crippen LogP contribution in [0, 0.1) is 10.8 Å².